The van der Waals surface area contributed by atoms with Crippen LogP contribution >= 0.6 is 0 Å². The van der Waals surface area contributed by atoms with E-state index in [1.807, 2.05) is 30.3 Å². The first kappa shape index (κ1) is 20.4. The molecule has 148 valence electrons. The Morgan fingerprint density at radius 3 is 2.21 bits per heavy atom. The van der Waals surface area contributed by atoms with Crippen molar-refractivity contribution in [1.29, 1.82) is 0 Å². The molecule has 3 rings (SSSR count). The van der Waals surface area contributed by atoms with Crippen molar-refractivity contribution < 1.29 is 4.39 Å². The number of nitrogen functional groups attached to an aromatic ring is 1. The van der Waals surface area contributed by atoms with E-state index in [4.69, 9.17) is 5.73 Å². The van der Waals surface area contributed by atoms with Gasteiger partial charge in [-0.1, -0.05) is 62.5 Å². The molecule has 0 aliphatic heterocycles. The summed E-state index contributed by atoms with van der Waals surface area (Å²) >= 11 is 0. The van der Waals surface area contributed by atoms with Crippen molar-refractivity contribution in [1.82, 2.24) is 0 Å². The maximum absolute atomic E-state index is 13.9. The number of halogens is 1. The molecule has 0 bridgehead atoms. The Balaban J connectivity index is 1.85. The van der Waals surface area contributed by atoms with E-state index in [0.29, 0.717) is 13.0 Å². The fourth-order valence-corrected chi connectivity index (χ4v) is 3.23. The highest BCUT2D eigenvalue weighted by molar-refractivity contribution is 5.63. The molecule has 2 nitrogen and oxygen atoms in total. The Labute approximate surface area is 172 Å². The zero-order valence-electron chi connectivity index (χ0n) is 16.9. The lowest BCUT2D eigenvalue weighted by Gasteiger charge is -2.27. The van der Waals surface area contributed by atoms with Crippen molar-refractivity contribution in [2.45, 2.75) is 26.3 Å². The fraction of sp³-hybridized carbons (Fsp3) is 0.154. The molecule has 0 atom stereocenters. The van der Waals surface area contributed by atoms with Crippen LogP contribution in [0.2, 0.25) is 0 Å². The number of anilines is 2. The number of nitrogens with two attached hydrogens (primary N) is 1. The van der Waals surface area contributed by atoms with Gasteiger partial charge in [0.2, 0.25) is 0 Å². The Morgan fingerprint density at radius 1 is 0.931 bits per heavy atom. The summed E-state index contributed by atoms with van der Waals surface area (Å²) in [6.07, 6.45) is 1.58. The Kier molecular flexibility index (Phi) is 6.50. The number of nitrogens with zero attached hydrogens (tertiary/aromatic N) is 1. The van der Waals surface area contributed by atoms with Gasteiger partial charge >= 0.3 is 0 Å². The van der Waals surface area contributed by atoms with Crippen LogP contribution in [0.25, 0.3) is 5.57 Å². The minimum Gasteiger partial charge on any atom is -0.399 e. The maximum atomic E-state index is 13.9. The molecule has 0 aliphatic rings. The molecular weight excluding hydrogens is 359 g/mol. The SMILES string of the molecule is C=C(CC)c1ccc(CN(C(=C)Cc2ccc(N)cc2)c2cccc(F)c2)cc1. The third-order valence-corrected chi connectivity index (χ3v) is 5.02. The second-order valence-corrected chi connectivity index (χ2v) is 7.20. The van der Waals surface area contributed by atoms with E-state index in [1.54, 1.807) is 12.1 Å². The lowest BCUT2D eigenvalue weighted by Crippen LogP contribution is -2.23. The highest BCUT2D eigenvalue weighted by atomic mass is 19.1. The molecule has 0 aromatic heterocycles. The van der Waals surface area contributed by atoms with E-state index in [2.05, 4.69) is 49.2 Å². The van der Waals surface area contributed by atoms with Gasteiger partial charge in [-0.05, 0) is 59.0 Å². The van der Waals surface area contributed by atoms with Crippen molar-refractivity contribution >= 4 is 16.9 Å². The van der Waals surface area contributed by atoms with Crippen molar-refractivity contribution in [2.24, 2.45) is 0 Å². The lowest BCUT2D eigenvalue weighted by molar-refractivity contribution is 0.627. The molecule has 0 heterocycles. The molecule has 3 aromatic rings. The molecule has 0 saturated carbocycles. The van der Waals surface area contributed by atoms with Gasteiger partial charge in [-0.3, -0.25) is 0 Å². The quantitative estimate of drug-likeness (QED) is 0.442. The summed E-state index contributed by atoms with van der Waals surface area (Å²) < 4.78 is 13.9. The van der Waals surface area contributed by atoms with Gasteiger partial charge in [-0.25, -0.2) is 4.39 Å². The van der Waals surface area contributed by atoms with Gasteiger partial charge in [0.25, 0.3) is 0 Å². The monoisotopic (exact) mass is 386 g/mol. The van der Waals surface area contributed by atoms with Crippen LogP contribution in [-0.4, -0.2) is 0 Å². The summed E-state index contributed by atoms with van der Waals surface area (Å²) in [4.78, 5) is 2.06. The van der Waals surface area contributed by atoms with Crippen LogP contribution in [0.3, 0.4) is 0 Å². The topological polar surface area (TPSA) is 29.3 Å². The summed E-state index contributed by atoms with van der Waals surface area (Å²) in [7, 11) is 0. The second kappa shape index (κ2) is 9.24. The molecule has 0 unspecified atom stereocenters. The van der Waals surface area contributed by atoms with Crippen LogP contribution in [0.1, 0.15) is 30.0 Å². The smallest absolute Gasteiger partial charge is 0.125 e. The highest BCUT2D eigenvalue weighted by Crippen LogP contribution is 2.25. The average Bonchev–Trinajstić information content (AvgIpc) is 2.73. The standard InChI is InChI=1S/C26H27FN2/c1-4-19(2)23-12-8-22(9-13-23)18-29(26-7-5-6-24(27)17-26)20(3)16-21-10-14-25(28)15-11-21/h5-15,17H,2-4,16,18,28H2,1H3. The van der Waals surface area contributed by atoms with Gasteiger partial charge in [0.1, 0.15) is 5.82 Å². The number of hydrogen-bond donors (Lipinski definition) is 1. The largest absolute Gasteiger partial charge is 0.399 e. The van der Waals surface area contributed by atoms with E-state index in [-0.39, 0.29) is 5.82 Å². The highest BCUT2D eigenvalue weighted by Gasteiger charge is 2.13. The molecule has 3 aromatic carbocycles. The zero-order valence-corrected chi connectivity index (χ0v) is 16.9. The number of allylic oxidation sites excluding steroid dienone is 2. The zero-order chi connectivity index (χ0) is 20.8. The van der Waals surface area contributed by atoms with E-state index in [0.717, 1.165) is 45.8 Å². The van der Waals surface area contributed by atoms with Gasteiger partial charge in [0.05, 0.1) is 0 Å². The maximum Gasteiger partial charge on any atom is 0.125 e. The summed E-state index contributed by atoms with van der Waals surface area (Å²) in [5.74, 6) is -0.262. The minimum atomic E-state index is -0.262. The predicted molar refractivity (Wildman–Crippen MR) is 122 cm³/mol. The second-order valence-electron chi connectivity index (χ2n) is 7.20. The third kappa shape index (κ3) is 5.35. The van der Waals surface area contributed by atoms with Crippen LogP contribution in [-0.2, 0) is 13.0 Å². The molecule has 0 amide bonds. The molecule has 0 fully saturated rings. The van der Waals surface area contributed by atoms with Crippen LogP contribution in [0.4, 0.5) is 15.8 Å². The number of benzene rings is 3. The van der Waals surface area contributed by atoms with Crippen LogP contribution in [0.5, 0.6) is 0 Å². The fourth-order valence-electron chi connectivity index (χ4n) is 3.23. The predicted octanol–water partition coefficient (Wildman–Crippen LogP) is 6.59. The minimum absolute atomic E-state index is 0.262. The number of hydrogen-bond acceptors (Lipinski definition) is 2. The molecule has 3 heteroatoms. The van der Waals surface area contributed by atoms with E-state index in [9.17, 15) is 4.39 Å². The molecule has 0 aliphatic carbocycles. The first-order valence-electron chi connectivity index (χ1n) is 9.78. The van der Waals surface area contributed by atoms with Crippen molar-refractivity contribution in [2.75, 3.05) is 10.6 Å². The van der Waals surface area contributed by atoms with Crippen molar-refractivity contribution in [3.63, 3.8) is 0 Å². The first-order valence-corrected chi connectivity index (χ1v) is 9.78. The summed E-state index contributed by atoms with van der Waals surface area (Å²) in [6.45, 7) is 11.1. The lowest BCUT2D eigenvalue weighted by atomic mass is 10.0. The molecule has 2 N–H and O–H groups in total. The summed E-state index contributed by atoms with van der Waals surface area (Å²) in [5.41, 5.74) is 12.7. The first-order chi connectivity index (χ1) is 14.0. The molecule has 29 heavy (non-hydrogen) atoms. The Bertz CT molecular complexity index is 988. The van der Waals surface area contributed by atoms with Crippen LogP contribution in [0, 0.1) is 5.82 Å². The van der Waals surface area contributed by atoms with Gasteiger partial charge in [0.15, 0.2) is 0 Å². The van der Waals surface area contributed by atoms with Crippen LogP contribution < -0.4 is 10.6 Å². The van der Waals surface area contributed by atoms with E-state index < -0.39 is 0 Å². The van der Waals surface area contributed by atoms with Gasteiger partial charge in [-0.15, -0.1) is 0 Å². The Morgan fingerprint density at radius 2 is 1.59 bits per heavy atom. The third-order valence-electron chi connectivity index (χ3n) is 5.02. The molecule has 0 saturated heterocycles. The number of rotatable bonds is 8. The van der Waals surface area contributed by atoms with Crippen molar-refractivity contribution in [3.8, 4) is 0 Å². The van der Waals surface area contributed by atoms with E-state index in [1.165, 1.54) is 6.07 Å². The van der Waals surface area contributed by atoms with Gasteiger partial charge in [0, 0.05) is 30.0 Å². The van der Waals surface area contributed by atoms with E-state index >= 15 is 0 Å². The normalized spacial score (nSPS) is 10.6. The Hall–Kier alpha value is -3.33. The summed E-state index contributed by atoms with van der Waals surface area (Å²) in [6, 6.07) is 22.8. The molecular formula is C26H27FN2. The molecule has 0 radical (unpaired) electrons. The molecule has 0 spiro atoms. The van der Waals surface area contributed by atoms with Crippen molar-refractivity contribution in [3.05, 3.63) is 114 Å². The van der Waals surface area contributed by atoms with Gasteiger partial charge < -0.3 is 10.6 Å². The average molecular weight is 387 g/mol. The van der Waals surface area contributed by atoms with Gasteiger partial charge in [-0.2, -0.15) is 0 Å². The van der Waals surface area contributed by atoms with Crippen LogP contribution in [0.15, 0.2) is 91.7 Å². The summed E-state index contributed by atoms with van der Waals surface area (Å²) in [5, 5.41) is 0.